The van der Waals surface area contributed by atoms with Crippen molar-refractivity contribution in [2.75, 3.05) is 31.1 Å². The molecule has 2 saturated heterocycles. The van der Waals surface area contributed by atoms with E-state index in [1.54, 1.807) is 0 Å². The summed E-state index contributed by atoms with van der Waals surface area (Å²) >= 11 is 0. The highest BCUT2D eigenvalue weighted by Crippen LogP contribution is 2.22. The number of carbonyl (C=O) groups excluding carboxylic acids is 2. The molecule has 0 aromatic heterocycles. The zero-order chi connectivity index (χ0) is 18.5. The van der Waals surface area contributed by atoms with Gasteiger partial charge in [0.25, 0.3) is 0 Å². The Kier molecular flexibility index (Phi) is 6.30. The molecule has 2 amide bonds. The molecule has 0 atom stereocenters. The standard InChI is InChI=1S/C21H30N2O3/c1-16(2)15-26-19-9-12-22(13-10-19)21(25)14-17-5-7-18(8-6-17)23-11-3-4-20(23)24/h5-8,16,19H,3-4,9-15H2,1-2H3. The average molecular weight is 358 g/mol. The summed E-state index contributed by atoms with van der Waals surface area (Å²) in [5, 5.41) is 0. The van der Waals surface area contributed by atoms with Gasteiger partial charge in [-0.2, -0.15) is 0 Å². The minimum atomic E-state index is 0.178. The smallest absolute Gasteiger partial charge is 0.227 e. The number of carbonyl (C=O) groups is 2. The van der Waals surface area contributed by atoms with E-state index in [9.17, 15) is 9.59 Å². The van der Waals surface area contributed by atoms with Gasteiger partial charge >= 0.3 is 0 Å². The van der Waals surface area contributed by atoms with Gasteiger partial charge in [0.2, 0.25) is 11.8 Å². The third-order valence-electron chi connectivity index (χ3n) is 5.14. The number of benzene rings is 1. The van der Waals surface area contributed by atoms with Crippen LogP contribution in [0.1, 0.15) is 45.1 Å². The monoisotopic (exact) mass is 358 g/mol. The van der Waals surface area contributed by atoms with Crippen LogP contribution in [0.4, 0.5) is 5.69 Å². The van der Waals surface area contributed by atoms with Crippen LogP contribution in [0.15, 0.2) is 24.3 Å². The molecular formula is C21H30N2O3. The molecule has 0 unspecified atom stereocenters. The highest BCUT2D eigenvalue weighted by molar-refractivity contribution is 5.95. The van der Waals surface area contributed by atoms with E-state index >= 15 is 0 Å². The summed E-state index contributed by atoms with van der Waals surface area (Å²) in [6.07, 6.45) is 4.13. The van der Waals surface area contributed by atoms with Gasteiger partial charge in [-0.15, -0.1) is 0 Å². The van der Waals surface area contributed by atoms with Gasteiger partial charge in [-0.25, -0.2) is 0 Å². The van der Waals surface area contributed by atoms with E-state index in [2.05, 4.69) is 13.8 Å². The van der Waals surface area contributed by atoms with Gasteiger partial charge in [-0.05, 0) is 42.9 Å². The molecule has 0 bridgehead atoms. The van der Waals surface area contributed by atoms with E-state index in [0.29, 0.717) is 24.9 Å². The lowest BCUT2D eigenvalue weighted by Crippen LogP contribution is -2.41. The van der Waals surface area contributed by atoms with Gasteiger partial charge in [0.15, 0.2) is 0 Å². The number of hydrogen-bond acceptors (Lipinski definition) is 3. The van der Waals surface area contributed by atoms with Crippen LogP contribution < -0.4 is 4.90 Å². The van der Waals surface area contributed by atoms with Crippen molar-refractivity contribution in [1.82, 2.24) is 4.90 Å². The topological polar surface area (TPSA) is 49.9 Å². The molecule has 0 radical (unpaired) electrons. The largest absolute Gasteiger partial charge is 0.378 e. The summed E-state index contributed by atoms with van der Waals surface area (Å²) < 4.78 is 5.89. The minimum absolute atomic E-state index is 0.178. The van der Waals surface area contributed by atoms with Crippen molar-refractivity contribution in [3.05, 3.63) is 29.8 Å². The summed E-state index contributed by atoms with van der Waals surface area (Å²) in [7, 11) is 0. The minimum Gasteiger partial charge on any atom is -0.378 e. The highest BCUT2D eigenvalue weighted by atomic mass is 16.5. The fraction of sp³-hybridized carbons (Fsp3) is 0.619. The molecule has 5 nitrogen and oxygen atoms in total. The molecule has 3 rings (SSSR count). The number of likely N-dealkylation sites (tertiary alicyclic amines) is 1. The molecule has 0 spiro atoms. The Morgan fingerprint density at radius 2 is 1.85 bits per heavy atom. The number of rotatable bonds is 6. The molecular weight excluding hydrogens is 328 g/mol. The van der Waals surface area contributed by atoms with E-state index in [-0.39, 0.29) is 11.8 Å². The second-order valence-electron chi connectivity index (χ2n) is 7.80. The fourth-order valence-electron chi connectivity index (χ4n) is 3.60. The summed E-state index contributed by atoms with van der Waals surface area (Å²) in [5.74, 6) is 0.919. The molecule has 0 N–H and O–H groups in total. The van der Waals surface area contributed by atoms with Crippen molar-refractivity contribution in [1.29, 1.82) is 0 Å². The fourth-order valence-corrected chi connectivity index (χ4v) is 3.60. The number of piperidine rings is 1. The molecule has 0 aliphatic carbocycles. The molecule has 142 valence electrons. The van der Waals surface area contributed by atoms with Gasteiger partial charge in [0, 0.05) is 38.3 Å². The lowest BCUT2D eigenvalue weighted by atomic mass is 10.1. The normalized spacial score (nSPS) is 18.8. The summed E-state index contributed by atoms with van der Waals surface area (Å²) in [5.41, 5.74) is 1.94. The number of anilines is 1. The van der Waals surface area contributed by atoms with Gasteiger partial charge in [-0.1, -0.05) is 26.0 Å². The summed E-state index contributed by atoms with van der Waals surface area (Å²) in [4.78, 5) is 28.1. The number of nitrogens with zero attached hydrogens (tertiary/aromatic N) is 2. The van der Waals surface area contributed by atoms with Crippen molar-refractivity contribution in [3.63, 3.8) is 0 Å². The maximum absolute atomic E-state index is 12.6. The predicted octanol–water partition coefficient (Wildman–Crippen LogP) is 3.02. The molecule has 0 saturated carbocycles. The second-order valence-corrected chi connectivity index (χ2v) is 7.80. The Balaban J connectivity index is 1.47. The van der Waals surface area contributed by atoms with Crippen molar-refractivity contribution in [3.8, 4) is 0 Å². The maximum Gasteiger partial charge on any atom is 0.227 e. The van der Waals surface area contributed by atoms with Gasteiger partial charge in [0.05, 0.1) is 12.5 Å². The van der Waals surface area contributed by atoms with Crippen LogP contribution >= 0.6 is 0 Å². The molecule has 2 aliphatic rings. The molecule has 1 aromatic carbocycles. The molecule has 5 heteroatoms. The first-order valence-corrected chi connectivity index (χ1v) is 9.81. The predicted molar refractivity (Wildman–Crippen MR) is 102 cm³/mol. The van der Waals surface area contributed by atoms with Gasteiger partial charge in [-0.3, -0.25) is 9.59 Å². The average Bonchev–Trinajstić information content (AvgIpc) is 3.07. The number of hydrogen-bond donors (Lipinski definition) is 0. The zero-order valence-electron chi connectivity index (χ0n) is 15.9. The summed E-state index contributed by atoms with van der Waals surface area (Å²) in [6, 6.07) is 7.85. The number of amides is 2. The van der Waals surface area contributed by atoms with Crippen molar-refractivity contribution in [2.24, 2.45) is 5.92 Å². The van der Waals surface area contributed by atoms with Crippen LogP contribution in [-0.2, 0) is 20.7 Å². The van der Waals surface area contributed by atoms with Gasteiger partial charge < -0.3 is 14.5 Å². The quantitative estimate of drug-likeness (QED) is 0.785. The lowest BCUT2D eigenvalue weighted by Gasteiger charge is -2.32. The van der Waals surface area contributed by atoms with Crippen molar-refractivity contribution < 1.29 is 14.3 Å². The van der Waals surface area contributed by atoms with E-state index < -0.39 is 0 Å². The zero-order valence-corrected chi connectivity index (χ0v) is 15.9. The lowest BCUT2D eigenvalue weighted by molar-refractivity contribution is -0.133. The molecule has 2 fully saturated rings. The molecule has 2 heterocycles. The third-order valence-corrected chi connectivity index (χ3v) is 5.14. The van der Waals surface area contributed by atoms with E-state index in [1.807, 2.05) is 34.1 Å². The third kappa shape index (κ3) is 4.85. The van der Waals surface area contributed by atoms with Crippen LogP contribution in [0, 0.1) is 5.92 Å². The van der Waals surface area contributed by atoms with Crippen LogP contribution in [0.2, 0.25) is 0 Å². The van der Waals surface area contributed by atoms with Crippen LogP contribution in [0.5, 0.6) is 0 Å². The van der Waals surface area contributed by atoms with Crippen LogP contribution in [-0.4, -0.2) is 49.1 Å². The van der Waals surface area contributed by atoms with Crippen molar-refractivity contribution >= 4 is 17.5 Å². The summed E-state index contributed by atoms with van der Waals surface area (Å²) in [6.45, 7) is 7.46. The first-order valence-electron chi connectivity index (χ1n) is 9.81. The van der Waals surface area contributed by atoms with Crippen molar-refractivity contribution in [2.45, 2.75) is 52.1 Å². The molecule has 2 aliphatic heterocycles. The van der Waals surface area contributed by atoms with Crippen LogP contribution in [0.25, 0.3) is 0 Å². The van der Waals surface area contributed by atoms with Crippen LogP contribution in [0.3, 0.4) is 0 Å². The van der Waals surface area contributed by atoms with E-state index in [1.165, 1.54) is 0 Å². The molecule has 1 aromatic rings. The second kappa shape index (κ2) is 8.67. The molecule has 26 heavy (non-hydrogen) atoms. The highest BCUT2D eigenvalue weighted by Gasteiger charge is 2.24. The SMILES string of the molecule is CC(C)COC1CCN(C(=O)Cc2ccc(N3CCCC3=O)cc2)CC1. The van der Waals surface area contributed by atoms with E-state index in [4.69, 9.17) is 4.74 Å². The Hall–Kier alpha value is -1.88. The van der Waals surface area contributed by atoms with Gasteiger partial charge in [0.1, 0.15) is 0 Å². The Bertz CT molecular complexity index is 619. The number of ether oxygens (including phenoxy) is 1. The first-order chi connectivity index (χ1) is 12.5. The Morgan fingerprint density at radius 1 is 1.15 bits per heavy atom. The van der Waals surface area contributed by atoms with E-state index in [0.717, 1.165) is 56.8 Å². The first kappa shape index (κ1) is 18.9. The maximum atomic E-state index is 12.6. The Morgan fingerprint density at radius 3 is 2.42 bits per heavy atom. The Labute approximate surface area is 156 Å².